The average molecular weight is 1070 g/mol. The maximum Gasteiger partial charge on any atom is 1.00 e. The van der Waals surface area contributed by atoms with Gasteiger partial charge in [-0.1, -0.05) is 128 Å². The fourth-order valence-corrected chi connectivity index (χ4v) is 8.43. The largest absolute Gasteiger partial charge is 1.00 e. The van der Waals surface area contributed by atoms with Crippen molar-refractivity contribution in [3.05, 3.63) is 0 Å². The molecule has 7 N–H and O–H groups in total. The van der Waals surface area contributed by atoms with E-state index < -0.39 is 139 Å². The number of carboxylic acid groups (broad SMARTS) is 2. The van der Waals surface area contributed by atoms with E-state index in [4.69, 9.17) is 4.74 Å². The van der Waals surface area contributed by atoms with Gasteiger partial charge in [-0.3, -0.25) is 33.6 Å². The summed E-state index contributed by atoms with van der Waals surface area (Å²) in [5, 5.41) is 41.9. The monoisotopic (exact) mass is 1070 g/mol. The summed E-state index contributed by atoms with van der Waals surface area (Å²) in [5.74, 6) is -11.6. The normalized spacial score (nSPS) is 23.5. The molecule has 1 fully saturated rings. The molecular weight excluding hydrogens is 977 g/mol. The topological polar surface area (TPSA) is 310 Å². The molecule has 20 nitrogen and oxygen atoms in total. The molecule has 8 atom stereocenters. The van der Waals surface area contributed by atoms with Crippen molar-refractivity contribution < 1.29 is 122 Å². The fraction of sp³-hybridized carbons (Fsp3) is 0.808. The Bertz CT molecular complexity index is 1780. The molecule has 0 bridgehead atoms. The number of nitrogens with one attached hydrogen (secondary N) is 7. The third kappa shape index (κ3) is 31.1. The average Bonchev–Trinajstić information content (AvgIpc) is 3.26. The summed E-state index contributed by atoms with van der Waals surface area (Å²) in [6.07, 6.45) is 5.75. The number of ether oxygens (including phenoxy) is 1. The fourth-order valence-electron chi connectivity index (χ4n) is 8.43. The van der Waals surface area contributed by atoms with E-state index >= 15 is 0 Å². The van der Waals surface area contributed by atoms with Gasteiger partial charge < -0.3 is 61.8 Å². The van der Waals surface area contributed by atoms with E-state index in [0.29, 0.717) is 6.42 Å². The third-order valence-electron chi connectivity index (χ3n) is 12.2. The number of amides is 7. The number of hydrogen-bond acceptors (Lipinski definition) is 13. The molecule has 0 spiro atoms. The van der Waals surface area contributed by atoms with Gasteiger partial charge >= 0.3 is 65.1 Å². The van der Waals surface area contributed by atoms with Gasteiger partial charge in [-0.15, -0.1) is 0 Å². The second-order valence-electron chi connectivity index (χ2n) is 21.5. The van der Waals surface area contributed by atoms with E-state index in [1.807, 2.05) is 13.8 Å². The number of esters is 1. The molecule has 1 aliphatic heterocycles. The molecule has 412 valence electrons. The summed E-state index contributed by atoms with van der Waals surface area (Å²) in [6, 6.07) is -9.85. The molecule has 0 unspecified atom stereocenters. The van der Waals surface area contributed by atoms with Crippen molar-refractivity contribution in [1.82, 2.24) is 37.2 Å². The van der Waals surface area contributed by atoms with Gasteiger partial charge in [0.1, 0.15) is 48.4 Å². The van der Waals surface area contributed by atoms with Gasteiger partial charge in [-0.05, 0) is 81.0 Å². The van der Waals surface area contributed by atoms with E-state index in [1.165, 1.54) is 6.42 Å². The van der Waals surface area contributed by atoms with Crippen LogP contribution in [0.4, 0.5) is 0 Å². The number of carbonyl (C=O) groups is 10. The quantitative estimate of drug-likeness (QED) is 0.0277. The van der Waals surface area contributed by atoms with Gasteiger partial charge in [-0.2, -0.15) is 0 Å². The Labute approximate surface area is 484 Å². The van der Waals surface area contributed by atoms with Crippen LogP contribution in [-0.4, -0.2) is 108 Å². The van der Waals surface area contributed by atoms with Gasteiger partial charge in [0, 0.05) is 18.4 Å². The van der Waals surface area contributed by atoms with E-state index in [0.717, 1.165) is 44.9 Å². The van der Waals surface area contributed by atoms with Gasteiger partial charge in [0.15, 0.2) is 0 Å². The van der Waals surface area contributed by atoms with Crippen LogP contribution in [-0.2, 0) is 52.7 Å². The van der Waals surface area contributed by atoms with Crippen molar-refractivity contribution >= 4 is 59.3 Å². The first-order valence-electron chi connectivity index (χ1n) is 26.5. The SMILES string of the molecule is CCCCCCCCCCC[C@@H]1CC(=O)N[C@@H](CCC(=O)[O-])C(=O)N[C@@H](CC(C)C)C(=O)N[C@H](CC(C)C)C(=O)N[C@@H](C(C)C)C(=O)N[C@@H](CC(=O)[O-])C(=O)N[C@H](CC(C)C)C(=O)N[C@@H](CC(C)C)C(=O)O1.[Na+].[Na+]. The van der Waals surface area contributed by atoms with Crippen LogP contribution < -0.4 is 107 Å². The Hall–Kier alpha value is -3.30. The van der Waals surface area contributed by atoms with E-state index in [-0.39, 0.29) is 115 Å². The molecule has 0 aromatic carbocycles. The Morgan fingerprint density at radius 1 is 0.473 bits per heavy atom. The molecule has 0 aromatic rings. The van der Waals surface area contributed by atoms with Crippen LogP contribution in [0.5, 0.6) is 0 Å². The van der Waals surface area contributed by atoms with Crippen molar-refractivity contribution in [3.63, 3.8) is 0 Å². The van der Waals surface area contributed by atoms with E-state index in [9.17, 15) is 58.2 Å². The van der Waals surface area contributed by atoms with Gasteiger partial charge in [0.05, 0.1) is 6.42 Å². The summed E-state index contributed by atoms with van der Waals surface area (Å²) in [7, 11) is 0. The number of carboxylic acids is 2. The predicted molar refractivity (Wildman–Crippen MR) is 266 cm³/mol. The van der Waals surface area contributed by atoms with Crippen LogP contribution in [0.2, 0.25) is 0 Å². The smallest absolute Gasteiger partial charge is 0.550 e. The number of rotatable bonds is 24. The Balaban J connectivity index is 0. The maximum absolute atomic E-state index is 14.2. The van der Waals surface area contributed by atoms with Crippen molar-refractivity contribution in [2.75, 3.05) is 0 Å². The van der Waals surface area contributed by atoms with Crippen LogP contribution in [0, 0.1) is 29.6 Å². The Morgan fingerprint density at radius 2 is 0.851 bits per heavy atom. The molecule has 1 saturated heterocycles. The molecule has 0 saturated carbocycles. The molecule has 1 heterocycles. The number of unbranched alkanes of at least 4 members (excludes halogenated alkanes) is 8. The zero-order valence-corrected chi connectivity index (χ0v) is 51.0. The first kappa shape index (κ1) is 72.8. The second-order valence-corrected chi connectivity index (χ2v) is 21.5. The van der Waals surface area contributed by atoms with Crippen LogP contribution in [0.15, 0.2) is 0 Å². The summed E-state index contributed by atoms with van der Waals surface area (Å²) in [4.78, 5) is 136. The van der Waals surface area contributed by atoms with Crippen LogP contribution in [0.3, 0.4) is 0 Å². The zero-order chi connectivity index (χ0) is 54.7. The molecule has 7 amide bonds. The number of hydrogen-bond donors (Lipinski definition) is 7. The molecule has 22 heteroatoms. The minimum atomic E-state index is -1.79. The van der Waals surface area contributed by atoms with Gasteiger partial charge in [0.25, 0.3) is 0 Å². The summed E-state index contributed by atoms with van der Waals surface area (Å²) in [6.45, 7) is 19.7. The Morgan fingerprint density at radius 3 is 1.27 bits per heavy atom. The van der Waals surface area contributed by atoms with Crippen molar-refractivity contribution in [1.29, 1.82) is 0 Å². The maximum atomic E-state index is 14.2. The van der Waals surface area contributed by atoms with Crippen molar-refractivity contribution in [2.45, 2.75) is 240 Å². The van der Waals surface area contributed by atoms with Crippen molar-refractivity contribution in [3.8, 4) is 0 Å². The number of carbonyl (C=O) groups excluding carboxylic acids is 10. The number of aliphatic carboxylic acids is 2. The molecule has 74 heavy (non-hydrogen) atoms. The molecule has 0 aromatic heterocycles. The van der Waals surface area contributed by atoms with E-state index in [2.05, 4.69) is 44.1 Å². The second kappa shape index (κ2) is 39.1. The first-order valence-corrected chi connectivity index (χ1v) is 26.5. The standard InChI is InChI=1S/C52H91N7O13.2Na/c1-12-13-14-15-16-17-18-19-20-21-35-28-42(60)53-36(22-23-43(61)62)46(65)54-37(24-30(2)3)47(66)56-39(26-32(6)7)50(69)59-45(34(10)11)51(70)57-40(29-44(63)64)49(68)55-38(25-31(4)5)48(67)58-41(27-33(8)9)52(71)72-35;;/h30-41,45H,12-29H2,1-11H3,(H,53,60)(H,54,65)(H,55,68)(H,56,66)(H,57,70)(H,58,67)(H,59,69)(H,61,62)(H,63,64);;/q;2*+1/p-2/t35-,36+,37+,38-,39-,40+,41+,45+;;/m1../s1. The molecule has 0 aliphatic carbocycles. The Kier molecular flexibility index (Phi) is 38.5. The first-order chi connectivity index (χ1) is 33.7. The van der Waals surface area contributed by atoms with Gasteiger partial charge in [-0.25, -0.2) is 4.79 Å². The van der Waals surface area contributed by atoms with Crippen LogP contribution in [0.1, 0.15) is 192 Å². The minimum absolute atomic E-state index is 0. The molecule has 1 rings (SSSR count). The predicted octanol–water partition coefficient (Wildman–Crippen LogP) is -3.87. The molecule has 0 radical (unpaired) electrons. The third-order valence-corrected chi connectivity index (χ3v) is 12.2. The summed E-state index contributed by atoms with van der Waals surface area (Å²) in [5.41, 5.74) is 0. The van der Waals surface area contributed by atoms with Gasteiger partial charge in [0.2, 0.25) is 41.4 Å². The number of cyclic esters (lactones) is 1. The molecular formula is C52H89N7Na2O13. The van der Waals surface area contributed by atoms with Crippen LogP contribution >= 0.6 is 0 Å². The zero-order valence-electron chi connectivity index (χ0n) is 47.0. The minimum Gasteiger partial charge on any atom is -0.550 e. The molecule has 1 aliphatic rings. The van der Waals surface area contributed by atoms with E-state index in [1.54, 1.807) is 55.4 Å². The summed E-state index contributed by atoms with van der Waals surface area (Å²) < 4.78 is 6.01. The van der Waals surface area contributed by atoms with Crippen molar-refractivity contribution in [2.24, 2.45) is 29.6 Å². The summed E-state index contributed by atoms with van der Waals surface area (Å²) >= 11 is 0. The van der Waals surface area contributed by atoms with Crippen LogP contribution in [0.25, 0.3) is 0 Å².